The SMILES string of the molecule is C/C=C\N(C(=O)c1nnc(NC(C)=O)[nH]1)[C@H](C)CCc1nc2c(-c3ccc(-c4ccccc4)nc3)cnn2c(N)c1S(C)(=O)=O. The van der Waals surface area contributed by atoms with E-state index in [1.807, 2.05) is 49.4 Å². The predicted octanol–water partition coefficient (Wildman–Crippen LogP) is 3.52. The van der Waals surface area contributed by atoms with Crippen molar-refractivity contribution in [3.05, 3.63) is 78.7 Å². The standard InChI is InChI=1S/C30H32N10O4S/c1-5-15-39(29(42)27-36-30(38-37-27)34-19(3)41)18(2)11-13-24-25(45(4,43)44)26(31)40-28(35-24)22(17-33-40)21-12-14-23(32-16-21)20-9-7-6-8-10-20/h5-10,12,14-18H,11,13,31H2,1-4H3,(H2,34,36,37,38,41)/b15-5-/t18-/m1/s1. The largest absolute Gasteiger partial charge is 0.382 e. The summed E-state index contributed by atoms with van der Waals surface area (Å²) in [4.78, 5) is 38.0. The van der Waals surface area contributed by atoms with Crippen molar-refractivity contribution in [3.63, 3.8) is 0 Å². The van der Waals surface area contributed by atoms with Crippen molar-refractivity contribution in [1.29, 1.82) is 0 Å². The van der Waals surface area contributed by atoms with Crippen LogP contribution in [0, 0.1) is 0 Å². The van der Waals surface area contributed by atoms with Gasteiger partial charge < -0.3 is 15.6 Å². The number of nitrogens with zero attached hydrogens (tertiary/aromatic N) is 7. The molecule has 0 aliphatic carbocycles. The molecule has 0 aliphatic rings. The van der Waals surface area contributed by atoms with E-state index in [0.29, 0.717) is 17.6 Å². The zero-order valence-corrected chi connectivity index (χ0v) is 25.9. The molecule has 0 saturated carbocycles. The molecule has 0 saturated heterocycles. The van der Waals surface area contributed by atoms with Crippen LogP contribution in [0.1, 0.15) is 43.5 Å². The highest BCUT2D eigenvalue weighted by atomic mass is 32.2. The number of hydrogen-bond donors (Lipinski definition) is 3. The minimum absolute atomic E-state index is 0.0474. The van der Waals surface area contributed by atoms with E-state index in [2.05, 4.69) is 30.6 Å². The molecule has 5 rings (SSSR count). The van der Waals surface area contributed by atoms with Gasteiger partial charge in [-0.1, -0.05) is 42.5 Å². The lowest BCUT2D eigenvalue weighted by atomic mass is 10.1. The van der Waals surface area contributed by atoms with E-state index in [4.69, 9.17) is 10.7 Å². The molecule has 2 amide bonds. The zero-order valence-electron chi connectivity index (χ0n) is 25.1. The first-order valence-corrected chi connectivity index (χ1v) is 15.9. The lowest BCUT2D eigenvalue weighted by Gasteiger charge is -2.25. The highest BCUT2D eigenvalue weighted by Gasteiger charge is 2.27. The summed E-state index contributed by atoms with van der Waals surface area (Å²) in [5, 5.41) is 14.4. The highest BCUT2D eigenvalue weighted by molar-refractivity contribution is 7.91. The van der Waals surface area contributed by atoms with Crippen LogP contribution in [0.3, 0.4) is 0 Å². The second-order valence-corrected chi connectivity index (χ2v) is 12.4. The Morgan fingerprint density at radius 2 is 1.87 bits per heavy atom. The third-order valence-corrected chi connectivity index (χ3v) is 8.21. The van der Waals surface area contributed by atoms with Crippen molar-refractivity contribution >= 4 is 39.1 Å². The van der Waals surface area contributed by atoms with Gasteiger partial charge in [-0.15, -0.1) is 10.2 Å². The number of carbonyl (C=O) groups is 2. The minimum atomic E-state index is -3.81. The van der Waals surface area contributed by atoms with Gasteiger partial charge in [0, 0.05) is 48.3 Å². The number of carbonyl (C=O) groups excluding carboxylic acids is 2. The number of rotatable bonds is 10. The van der Waals surface area contributed by atoms with Crippen LogP contribution in [0.4, 0.5) is 11.8 Å². The van der Waals surface area contributed by atoms with E-state index in [9.17, 15) is 18.0 Å². The number of sulfone groups is 1. The molecule has 0 fully saturated rings. The minimum Gasteiger partial charge on any atom is -0.382 e. The summed E-state index contributed by atoms with van der Waals surface area (Å²) in [6.07, 6.45) is 8.15. The first-order chi connectivity index (χ1) is 21.5. The van der Waals surface area contributed by atoms with Crippen molar-refractivity contribution < 1.29 is 18.0 Å². The Bertz CT molecular complexity index is 2000. The van der Waals surface area contributed by atoms with Gasteiger partial charge in [0.1, 0.15) is 10.7 Å². The fourth-order valence-electron chi connectivity index (χ4n) is 4.92. The average Bonchev–Trinajstić information content (AvgIpc) is 3.65. The number of aryl methyl sites for hydroxylation is 1. The number of allylic oxidation sites excluding steroid dienone is 1. The number of benzene rings is 1. The van der Waals surface area contributed by atoms with Crippen LogP contribution in [-0.2, 0) is 21.1 Å². The topological polar surface area (TPSA) is 194 Å². The maximum atomic E-state index is 13.3. The normalized spacial score (nSPS) is 12.4. The average molecular weight is 629 g/mol. The number of pyridine rings is 1. The number of nitrogens with one attached hydrogen (secondary N) is 2. The summed E-state index contributed by atoms with van der Waals surface area (Å²) in [7, 11) is -3.81. The van der Waals surface area contributed by atoms with Crippen LogP contribution in [-0.4, -0.2) is 72.2 Å². The fraction of sp³-hybridized carbons (Fsp3) is 0.233. The van der Waals surface area contributed by atoms with Crippen LogP contribution in [0.25, 0.3) is 28.0 Å². The number of nitrogen functional groups attached to an aromatic ring is 1. The molecule has 4 aromatic heterocycles. The molecule has 4 N–H and O–H groups in total. The molecule has 0 aliphatic heterocycles. The van der Waals surface area contributed by atoms with Crippen molar-refractivity contribution in [1.82, 2.24) is 39.7 Å². The van der Waals surface area contributed by atoms with E-state index >= 15 is 0 Å². The van der Waals surface area contributed by atoms with E-state index in [-0.39, 0.29) is 40.5 Å². The Labute approximate surface area is 259 Å². The zero-order chi connectivity index (χ0) is 32.3. The van der Waals surface area contributed by atoms with Crippen molar-refractivity contribution in [2.45, 2.75) is 44.6 Å². The molecule has 4 heterocycles. The molecule has 0 radical (unpaired) electrons. The quantitative estimate of drug-likeness (QED) is 0.206. The Balaban J connectivity index is 1.46. The van der Waals surface area contributed by atoms with Crippen LogP contribution < -0.4 is 11.1 Å². The molecular formula is C30H32N10O4S. The first kappa shape index (κ1) is 31.0. The summed E-state index contributed by atoms with van der Waals surface area (Å²) in [5.41, 5.74) is 10.2. The third kappa shape index (κ3) is 6.57. The van der Waals surface area contributed by atoms with E-state index < -0.39 is 21.8 Å². The molecular weight excluding hydrogens is 596 g/mol. The van der Waals surface area contributed by atoms with Gasteiger partial charge >= 0.3 is 0 Å². The van der Waals surface area contributed by atoms with Gasteiger partial charge in [0.25, 0.3) is 5.91 Å². The molecule has 1 aromatic carbocycles. The van der Waals surface area contributed by atoms with Gasteiger partial charge in [0.15, 0.2) is 15.5 Å². The second-order valence-electron chi connectivity index (χ2n) is 10.4. The number of hydrogen-bond acceptors (Lipinski definition) is 10. The van der Waals surface area contributed by atoms with Crippen molar-refractivity contribution in [2.24, 2.45) is 0 Å². The monoisotopic (exact) mass is 628 g/mol. The Morgan fingerprint density at radius 1 is 1.11 bits per heavy atom. The summed E-state index contributed by atoms with van der Waals surface area (Å²) < 4.78 is 27.2. The highest BCUT2D eigenvalue weighted by Crippen LogP contribution is 2.31. The Hall–Kier alpha value is -5.44. The molecule has 5 aromatic rings. The molecule has 0 unspecified atom stereocenters. The van der Waals surface area contributed by atoms with Crippen LogP contribution in [0.15, 0.2) is 72.0 Å². The summed E-state index contributed by atoms with van der Waals surface area (Å²) in [6, 6.07) is 13.1. The van der Waals surface area contributed by atoms with Crippen LogP contribution in [0.5, 0.6) is 0 Å². The Morgan fingerprint density at radius 3 is 2.51 bits per heavy atom. The number of aromatic nitrogens is 7. The summed E-state index contributed by atoms with van der Waals surface area (Å²) in [6.45, 7) is 4.89. The van der Waals surface area contributed by atoms with Gasteiger partial charge in [-0.05, 0) is 32.8 Å². The van der Waals surface area contributed by atoms with Crippen LogP contribution >= 0.6 is 0 Å². The molecule has 232 valence electrons. The molecule has 45 heavy (non-hydrogen) atoms. The van der Waals surface area contributed by atoms with Crippen molar-refractivity contribution in [3.8, 4) is 22.4 Å². The lowest BCUT2D eigenvalue weighted by molar-refractivity contribution is -0.114. The molecule has 15 heteroatoms. The second kappa shape index (κ2) is 12.7. The first-order valence-electron chi connectivity index (χ1n) is 14.0. The summed E-state index contributed by atoms with van der Waals surface area (Å²) >= 11 is 0. The molecule has 1 atom stereocenters. The predicted molar refractivity (Wildman–Crippen MR) is 169 cm³/mol. The smallest absolute Gasteiger partial charge is 0.295 e. The molecule has 0 spiro atoms. The summed E-state index contributed by atoms with van der Waals surface area (Å²) in [5.74, 6) is -0.929. The number of aromatic amines is 1. The number of fused-ring (bicyclic) bond motifs is 1. The maximum Gasteiger partial charge on any atom is 0.295 e. The van der Waals surface area contributed by atoms with Crippen molar-refractivity contribution in [2.75, 3.05) is 17.3 Å². The number of anilines is 2. The van der Waals surface area contributed by atoms with Crippen LogP contribution in [0.2, 0.25) is 0 Å². The van der Waals surface area contributed by atoms with Gasteiger partial charge in [-0.2, -0.15) is 9.61 Å². The third-order valence-electron chi connectivity index (χ3n) is 7.02. The van der Waals surface area contributed by atoms with E-state index in [1.54, 1.807) is 31.6 Å². The van der Waals surface area contributed by atoms with E-state index in [0.717, 1.165) is 23.1 Å². The van der Waals surface area contributed by atoms with E-state index in [1.165, 1.54) is 16.3 Å². The lowest BCUT2D eigenvalue weighted by Crippen LogP contribution is -2.35. The van der Waals surface area contributed by atoms with Gasteiger partial charge in [0.2, 0.25) is 17.7 Å². The fourth-order valence-corrected chi connectivity index (χ4v) is 5.96. The maximum absolute atomic E-state index is 13.3. The molecule has 0 bridgehead atoms. The van der Waals surface area contributed by atoms with Gasteiger partial charge in [-0.3, -0.25) is 19.9 Å². The Kier molecular flexibility index (Phi) is 8.72. The number of H-pyrrole nitrogens is 1. The number of nitrogens with two attached hydrogens (primary N) is 1. The van der Waals surface area contributed by atoms with Gasteiger partial charge in [0.05, 0.1) is 17.6 Å². The number of amides is 2. The van der Waals surface area contributed by atoms with Gasteiger partial charge in [-0.25, -0.2) is 13.4 Å². The molecule has 14 nitrogen and oxygen atoms in total.